The third-order valence-electron chi connectivity index (χ3n) is 8.77. The van der Waals surface area contributed by atoms with Crippen LogP contribution in [0.1, 0.15) is 35.2 Å². The van der Waals surface area contributed by atoms with E-state index in [1.165, 1.54) is 11.0 Å². The number of hydrogen-bond donors (Lipinski definition) is 5. The molecule has 6 N–H and O–H groups in total. The topological polar surface area (TPSA) is 165 Å². The standard InChI is InChI=1S/C30H33N3O7/c1-13-17-12-18-24(33(4)5)26(36)23(29(31)39)28(38)30(18,40)27(37)21(17)25(35)22-19(34)11-10-16(20(13)22)14-6-8-15(9-7-14)32(2)3/h6-11,13,17-18,24,34,36-37,40H,12H2,1-5H3,(H2,31,39)/t13-,17-,18+,24+,30+/m1/s1. The van der Waals surface area contributed by atoms with Crippen LogP contribution in [-0.4, -0.2) is 82.6 Å². The molecule has 2 aromatic carbocycles. The van der Waals surface area contributed by atoms with Crippen LogP contribution in [0.15, 0.2) is 59.1 Å². The van der Waals surface area contributed by atoms with Gasteiger partial charge in [0.05, 0.1) is 11.6 Å². The molecule has 0 spiro atoms. The van der Waals surface area contributed by atoms with Crippen LogP contribution in [0.5, 0.6) is 5.75 Å². The largest absolute Gasteiger partial charge is 0.510 e. The Balaban J connectivity index is 1.73. The van der Waals surface area contributed by atoms with Gasteiger partial charge in [-0.05, 0) is 67.2 Å². The van der Waals surface area contributed by atoms with Crippen molar-refractivity contribution < 1.29 is 34.8 Å². The molecule has 1 amide bonds. The molecule has 0 radical (unpaired) electrons. The van der Waals surface area contributed by atoms with Crippen molar-refractivity contribution in [3.05, 3.63) is 70.2 Å². The highest BCUT2D eigenvalue weighted by atomic mass is 16.3. The minimum absolute atomic E-state index is 0.0116. The van der Waals surface area contributed by atoms with Crippen LogP contribution >= 0.6 is 0 Å². The van der Waals surface area contributed by atoms with Gasteiger partial charge in [-0.15, -0.1) is 0 Å². The lowest BCUT2D eigenvalue weighted by Gasteiger charge is -2.51. The van der Waals surface area contributed by atoms with Crippen molar-refractivity contribution in [1.29, 1.82) is 0 Å². The third kappa shape index (κ3) is 3.59. The number of nitrogens with zero attached hydrogens (tertiary/aromatic N) is 2. The lowest BCUT2D eigenvalue weighted by Crippen LogP contribution is -2.64. The number of aliphatic hydroxyl groups excluding tert-OH is 2. The number of carbonyl (C=O) groups is 3. The Morgan fingerprint density at radius 2 is 1.62 bits per heavy atom. The number of aliphatic hydroxyl groups is 3. The number of allylic oxidation sites excluding steroid dienone is 1. The number of fused-ring (bicyclic) bond motifs is 3. The molecule has 0 unspecified atom stereocenters. The Morgan fingerprint density at radius 3 is 2.17 bits per heavy atom. The number of ketones is 2. The van der Waals surface area contributed by atoms with Crippen molar-refractivity contribution >= 4 is 23.2 Å². The van der Waals surface area contributed by atoms with Gasteiger partial charge in [0.15, 0.2) is 11.4 Å². The van der Waals surface area contributed by atoms with Gasteiger partial charge >= 0.3 is 0 Å². The first-order valence-corrected chi connectivity index (χ1v) is 13.0. The van der Waals surface area contributed by atoms with E-state index in [0.29, 0.717) is 5.56 Å². The smallest absolute Gasteiger partial charge is 0.255 e. The molecule has 0 bridgehead atoms. The summed E-state index contributed by atoms with van der Waals surface area (Å²) in [6.45, 7) is 1.87. The maximum atomic E-state index is 14.0. The van der Waals surface area contributed by atoms with Gasteiger partial charge in [-0.2, -0.15) is 0 Å². The molecule has 0 fully saturated rings. The number of primary amides is 1. The SMILES string of the molecule is C[C@H]1c2c(-c3ccc(N(C)C)cc3)ccc(O)c2C(=O)C2=C(O)[C@]3(O)C(=O)C(C(N)=O)=C(O)[C@@H](N(C)C)[C@@H]3C[C@@H]21. The number of rotatable bonds is 4. The minimum Gasteiger partial charge on any atom is -0.510 e. The lowest BCUT2D eigenvalue weighted by atomic mass is 9.56. The van der Waals surface area contributed by atoms with Crippen LogP contribution in [0.25, 0.3) is 11.1 Å². The van der Waals surface area contributed by atoms with Gasteiger partial charge in [0, 0.05) is 31.3 Å². The Hall–Kier alpha value is -4.15. The van der Waals surface area contributed by atoms with Crippen LogP contribution < -0.4 is 10.6 Å². The van der Waals surface area contributed by atoms with Crippen molar-refractivity contribution in [2.45, 2.75) is 30.9 Å². The summed E-state index contributed by atoms with van der Waals surface area (Å²) in [5.41, 5.74) is 4.86. The maximum Gasteiger partial charge on any atom is 0.255 e. The first-order chi connectivity index (χ1) is 18.7. The van der Waals surface area contributed by atoms with E-state index in [0.717, 1.165) is 16.8 Å². The molecular weight excluding hydrogens is 514 g/mol. The summed E-state index contributed by atoms with van der Waals surface area (Å²) in [4.78, 5) is 43.1. The predicted octanol–water partition coefficient (Wildman–Crippen LogP) is 2.41. The monoisotopic (exact) mass is 547 g/mol. The van der Waals surface area contributed by atoms with Crippen LogP contribution in [0.2, 0.25) is 0 Å². The summed E-state index contributed by atoms with van der Waals surface area (Å²) >= 11 is 0. The van der Waals surface area contributed by atoms with Crippen LogP contribution in [0, 0.1) is 11.8 Å². The van der Waals surface area contributed by atoms with Gasteiger partial charge in [0.2, 0.25) is 5.78 Å². The Labute approximate surface area is 231 Å². The summed E-state index contributed by atoms with van der Waals surface area (Å²) in [7, 11) is 7.06. The maximum absolute atomic E-state index is 14.0. The van der Waals surface area contributed by atoms with Crippen LogP contribution in [0.3, 0.4) is 0 Å². The van der Waals surface area contributed by atoms with Gasteiger partial charge in [0.25, 0.3) is 5.91 Å². The minimum atomic E-state index is -2.67. The van der Waals surface area contributed by atoms with Gasteiger partial charge in [0.1, 0.15) is 22.8 Å². The number of nitrogens with two attached hydrogens (primary N) is 1. The number of benzene rings is 2. The number of amides is 1. The summed E-state index contributed by atoms with van der Waals surface area (Å²) in [5.74, 6) is -7.15. The highest BCUT2D eigenvalue weighted by Crippen LogP contribution is 2.56. The van der Waals surface area contributed by atoms with Gasteiger partial charge < -0.3 is 31.1 Å². The normalized spacial score (nSPS) is 27.9. The molecule has 3 aliphatic rings. The Bertz CT molecular complexity index is 1520. The second-order valence-corrected chi connectivity index (χ2v) is 11.3. The van der Waals surface area contributed by atoms with Crippen LogP contribution in [-0.2, 0) is 9.59 Å². The fourth-order valence-corrected chi connectivity index (χ4v) is 6.82. The van der Waals surface area contributed by atoms with Gasteiger partial charge in [-0.25, -0.2) is 0 Å². The quantitative estimate of drug-likeness (QED) is 0.362. The number of phenols is 1. The van der Waals surface area contributed by atoms with Crippen LogP contribution in [0.4, 0.5) is 5.69 Å². The molecule has 0 saturated carbocycles. The average Bonchev–Trinajstić information content (AvgIpc) is 2.88. The van der Waals surface area contributed by atoms with Crippen molar-refractivity contribution in [3.8, 4) is 16.9 Å². The van der Waals surface area contributed by atoms with E-state index in [-0.39, 0.29) is 23.3 Å². The Kier molecular flexibility index (Phi) is 6.31. The molecule has 0 aromatic heterocycles. The molecule has 0 heterocycles. The molecule has 2 aromatic rings. The number of Topliss-reactive ketones (excluding diaryl/α,β-unsaturated/α-hetero) is 2. The predicted molar refractivity (Wildman–Crippen MR) is 148 cm³/mol. The summed E-state index contributed by atoms with van der Waals surface area (Å²) in [6, 6.07) is 9.87. The fourth-order valence-electron chi connectivity index (χ4n) is 6.82. The molecular formula is C30H33N3O7. The molecule has 0 saturated heterocycles. The van der Waals surface area contributed by atoms with Gasteiger partial charge in [-0.3, -0.25) is 19.3 Å². The number of aromatic hydroxyl groups is 1. The lowest BCUT2D eigenvalue weighted by molar-refractivity contribution is -0.148. The molecule has 5 atom stereocenters. The van der Waals surface area contributed by atoms with Crippen molar-refractivity contribution in [2.24, 2.45) is 17.6 Å². The first-order valence-electron chi connectivity index (χ1n) is 13.0. The Morgan fingerprint density at radius 1 is 1.00 bits per heavy atom. The van der Waals surface area contributed by atoms with E-state index in [4.69, 9.17) is 5.73 Å². The zero-order valence-electron chi connectivity index (χ0n) is 23.0. The molecule has 10 nitrogen and oxygen atoms in total. The van der Waals surface area contributed by atoms with Crippen molar-refractivity contribution in [3.63, 3.8) is 0 Å². The van der Waals surface area contributed by atoms with E-state index >= 15 is 0 Å². The number of anilines is 1. The fraction of sp³-hybridized carbons (Fsp3) is 0.367. The highest BCUT2D eigenvalue weighted by Gasteiger charge is 2.64. The van der Waals surface area contributed by atoms with E-state index in [1.807, 2.05) is 50.2 Å². The van der Waals surface area contributed by atoms with Crippen molar-refractivity contribution in [2.75, 3.05) is 33.1 Å². The zero-order valence-corrected chi connectivity index (χ0v) is 23.0. The second-order valence-electron chi connectivity index (χ2n) is 11.3. The molecule has 5 rings (SSSR count). The van der Waals surface area contributed by atoms with E-state index < -0.39 is 64.0 Å². The molecule has 3 aliphatic carbocycles. The molecule has 0 aliphatic heterocycles. The molecule has 10 heteroatoms. The van der Waals surface area contributed by atoms with Gasteiger partial charge in [-0.1, -0.05) is 25.1 Å². The van der Waals surface area contributed by atoms with Crippen molar-refractivity contribution in [1.82, 2.24) is 4.90 Å². The van der Waals surface area contributed by atoms with E-state index in [1.54, 1.807) is 20.2 Å². The van der Waals surface area contributed by atoms with E-state index in [9.17, 15) is 34.8 Å². The number of phenolic OH excluding ortho intramolecular Hbond substituents is 1. The average molecular weight is 548 g/mol. The number of likely N-dealkylation sites (N-methyl/N-ethyl adjacent to an activating group) is 1. The zero-order chi connectivity index (χ0) is 29.4. The summed E-state index contributed by atoms with van der Waals surface area (Å²) < 4.78 is 0. The summed E-state index contributed by atoms with van der Waals surface area (Å²) in [5, 5.41) is 45.1. The first kappa shape index (κ1) is 27.4. The number of hydrogen-bond acceptors (Lipinski definition) is 9. The second kappa shape index (κ2) is 9.21. The molecule has 40 heavy (non-hydrogen) atoms. The molecule has 210 valence electrons. The number of carbonyl (C=O) groups excluding carboxylic acids is 3. The summed E-state index contributed by atoms with van der Waals surface area (Å²) in [6.07, 6.45) is 0.0294. The van der Waals surface area contributed by atoms with E-state index in [2.05, 4.69) is 0 Å². The highest BCUT2D eigenvalue weighted by molar-refractivity contribution is 6.25. The third-order valence-corrected chi connectivity index (χ3v) is 8.77.